The van der Waals surface area contributed by atoms with Crippen molar-refractivity contribution in [2.75, 3.05) is 41.0 Å². The Bertz CT molecular complexity index is 1040. The van der Waals surface area contributed by atoms with Crippen molar-refractivity contribution < 1.29 is 38.2 Å². The maximum absolute atomic E-state index is 12.6. The SMILES string of the molecule is CC/C=C/C/C=C/C/C=C/C/C=C/C/C=C/CCC(=O)OCC(COCCC(C(=O)[O-])[N+](C)(C)C)OC(=O)CCCCCCCCCCCCCC. The van der Waals surface area contributed by atoms with Gasteiger partial charge in [-0.1, -0.05) is 145 Å². The van der Waals surface area contributed by atoms with Gasteiger partial charge in [0.2, 0.25) is 0 Å². The number of quaternary nitrogens is 1. The Balaban J connectivity index is 4.51. The molecule has 8 nitrogen and oxygen atoms in total. The standard InChI is InChI=1S/C44H75NO7/c1-6-8-10-12-14-16-18-20-21-22-23-25-26-28-30-32-34-42(46)51-39-40(38-50-37-36-41(44(48)49)45(3,4)5)52-43(47)35-33-31-29-27-24-19-17-15-13-11-9-7-2/h8,10,14,16,20-21,23,25,28,30,40-41H,6-7,9,11-13,15,17-19,22,24,26-27,29,31-39H2,1-5H3/b10-8+,16-14+,21-20+,25-23+,30-28+. The summed E-state index contributed by atoms with van der Waals surface area (Å²) >= 11 is 0. The monoisotopic (exact) mass is 730 g/mol. The number of nitrogens with zero attached hydrogens (tertiary/aromatic N) is 1. The first-order valence-corrected chi connectivity index (χ1v) is 20.3. The normalized spacial score (nSPS) is 13.6. The van der Waals surface area contributed by atoms with Crippen LogP contribution in [-0.4, -0.2) is 75.5 Å². The van der Waals surface area contributed by atoms with Gasteiger partial charge in [0.15, 0.2) is 6.10 Å². The van der Waals surface area contributed by atoms with Crippen LogP contribution in [0.15, 0.2) is 60.8 Å². The molecule has 0 aromatic rings. The fourth-order valence-corrected chi connectivity index (χ4v) is 5.53. The number of carbonyl (C=O) groups is 3. The van der Waals surface area contributed by atoms with Crippen molar-refractivity contribution in [1.82, 2.24) is 0 Å². The van der Waals surface area contributed by atoms with Crippen LogP contribution in [0.25, 0.3) is 0 Å². The summed E-state index contributed by atoms with van der Waals surface area (Å²) in [6, 6.07) is -0.736. The van der Waals surface area contributed by atoms with E-state index in [1.54, 1.807) is 21.1 Å². The summed E-state index contributed by atoms with van der Waals surface area (Å²) in [7, 11) is 5.37. The lowest BCUT2D eigenvalue weighted by Crippen LogP contribution is -2.55. The summed E-state index contributed by atoms with van der Waals surface area (Å²) in [5, 5.41) is 11.6. The maximum atomic E-state index is 12.6. The van der Waals surface area contributed by atoms with Gasteiger partial charge in [-0.15, -0.1) is 0 Å². The second-order valence-electron chi connectivity index (χ2n) is 14.5. The Morgan fingerprint density at radius 3 is 1.56 bits per heavy atom. The molecule has 0 heterocycles. The molecular weight excluding hydrogens is 654 g/mol. The number of hydrogen-bond donors (Lipinski definition) is 0. The predicted molar refractivity (Wildman–Crippen MR) is 212 cm³/mol. The minimum absolute atomic E-state index is 0.0170. The lowest BCUT2D eigenvalue weighted by molar-refractivity contribution is -0.889. The first kappa shape index (κ1) is 49.0. The first-order chi connectivity index (χ1) is 25.1. The Labute approximate surface area is 318 Å². The van der Waals surface area contributed by atoms with Gasteiger partial charge >= 0.3 is 11.9 Å². The molecule has 0 rings (SSSR count). The average Bonchev–Trinajstić information content (AvgIpc) is 3.09. The Hall–Kier alpha value is -2.97. The molecular formula is C44H75NO7. The van der Waals surface area contributed by atoms with Gasteiger partial charge in [0.25, 0.3) is 0 Å². The Kier molecular flexibility index (Phi) is 33.1. The highest BCUT2D eigenvalue weighted by molar-refractivity contribution is 5.70. The van der Waals surface area contributed by atoms with E-state index < -0.39 is 18.1 Å². The fourth-order valence-electron chi connectivity index (χ4n) is 5.53. The number of carbonyl (C=O) groups excluding carboxylic acids is 3. The van der Waals surface area contributed by atoms with Crippen molar-refractivity contribution in [2.24, 2.45) is 0 Å². The topological polar surface area (TPSA) is 102 Å². The predicted octanol–water partition coefficient (Wildman–Crippen LogP) is 9.30. The number of allylic oxidation sites excluding steroid dienone is 10. The minimum atomic E-state index is -1.14. The molecule has 2 atom stereocenters. The van der Waals surface area contributed by atoms with Crippen LogP contribution in [0, 0.1) is 0 Å². The molecule has 0 aliphatic heterocycles. The van der Waals surface area contributed by atoms with E-state index in [4.69, 9.17) is 14.2 Å². The highest BCUT2D eigenvalue weighted by Crippen LogP contribution is 2.14. The van der Waals surface area contributed by atoms with E-state index in [0.29, 0.717) is 12.8 Å². The lowest BCUT2D eigenvalue weighted by atomic mass is 10.0. The zero-order chi connectivity index (χ0) is 38.5. The summed E-state index contributed by atoms with van der Waals surface area (Å²) in [6.45, 7) is 4.45. The van der Waals surface area contributed by atoms with E-state index in [-0.39, 0.29) is 49.1 Å². The van der Waals surface area contributed by atoms with Crippen LogP contribution in [0.1, 0.15) is 149 Å². The number of esters is 2. The van der Waals surface area contributed by atoms with Crippen molar-refractivity contribution in [3.05, 3.63) is 60.8 Å². The van der Waals surface area contributed by atoms with Crippen molar-refractivity contribution in [2.45, 2.75) is 161 Å². The van der Waals surface area contributed by atoms with Gasteiger partial charge in [-0.05, 0) is 44.9 Å². The molecule has 0 aromatic carbocycles. The van der Waals surface area contributed by atoms with Gasteiger partial charge in [0.05, 0.1) is 40.3 Å². The van der Waals surface area contributed by atoms with Crippen molar-refractivity contribution >= 4 is 17.9 Å². The number of ether oxygens (including phenoxy) is 3. The van der Waals surface area contributed by atoms with E-state index in [1.807, 2.05) is 12.2 Å². The maximum Gasteiger partial charge on any atom is 0.306 e. The van der Waals surface area contributed by atoms with Crippen LogP contribution >= 0.6 is 0 Å². The third-order valence-electron chi connectivity index (χ3n) is 8.68. The second kappa shape index (κ2) is 35.1. The lowest BCUT2D eigenvalue weighted by Gasteiger charge is -2.34. The molecule has 0 aliphatic rings. The number of hydrogen-bond acceptors (Lipinski definition) is 7. The molecule has 0 radical (unpaired) electrons. The van der Waals surface area contributed by atoms with E-state index >= 15 is 0 Å². The zero-order valence-corrected chi connectivity index (χ0v) is 33.7. The number of carboxylic acids is 1. The summed E-state index contributed by atoms with van der Waals surface area (Å²) in [4.78, 5) is 36.7. The zero-order valence-electron chi connectivity index (χ0n) is 33.7. The van der Waals surface area contributed by atoms with Gasteiger partial charge in [0, 0.05) is 19.3 Å². The largest absolute Gasteiger partial charge is 0.544 e. The number of rotatable bonds is 35. The molecule has 0 N–H and O–H groups in total. The van der Waals surface area contributed by atoms with Crippen molar-refractivity contribution in [1.29, 1.82) is 0 Å². The van der Waals surface area contributed by atoms with Crippen LogP contribution in [-0.2, 0) is 28.6 Å². The number of likely N-dealkylation sites (N-methyl/N-ethyl adjacent to an activating group) is 1. The number of unbranched alkanes of at least 4 members (excludes halogenated alkanes) is 11. The second-order valence-corrected chi connectivity index (χ2v) is 14.5. The van der Waals surface area contributed by atoms with Crippen LogP contribution < -0.4 is 5.11 Å². The molecule has 2 unspecified atom stereocenters. The molecule has 0 fully saturated rings. The quantitative estimate of drug-likeness (QED) is 0.0277. The van der Waals surface area contributed by atoms with Gasteiger partial charge in [0.1, 0.15) is 12.6 Å². The van der Waals surface area contributed by atoms with Crippen LogP contribution in [0.5, 0.6) is 0 Å². The molecule has 0 aliphatic carbocycles. The van der Waals surface area contributed by atoms with Crippen LogP contribution in [0.4, 0.5) is 0 Å². The minimum Gasteiger partial charge on any atom is -0.544 e. The van der Waals surface area contributed by atoms with Crippen LogP contribution in [0.2, 0.25) is 0 Å². The molecule has 8 heteroatoms. The molecule has 0 aromatic heterocycles. The molecule has 0 bridgehead atoms. The van der Waals surface area contributed by atoms with Gasteiger partial charge in [-0.3, -0.25) is 9.59 Å². The first-order valence-electron chi connectivity index (χ1n) is 20.3. The number of aliphatic carboxylic acids is 1. The van der Waals surface area contributed by atoms with E-state index in [9.17, 15) is 19.5 Å². The van der Waals surface area contributed by atoms with E-state index in [1.165, 1.54) is 57.8 Å². The average molecular weight is 730 g/mol. The van der Waals surface area contributed by atoms with Gasteiger partial charge in [-0.2, -0.15) is 0 Å². The molecule has 0 saturated heterocycles. The molecule has 0 amide bonds. The van der Waals surface area contributed by atoms with Crippen molar-refractivity contribution in [3.8, 4) is 0 Å². The van der Waals surface area contributed by atoms with Crippen molar-refractivity contribution in [3.63, 3.8) is 0 Å². The Morgan fingerprint density at radius 1 is 0.596 bits per heavy atom. The van der Waals surface area contributed by atoms with E-state index in [2.05, 4.69) is 62.5 Å². The summed E-state index contributed by atoms with van der Waals surface area (Å²) in [6.07, 6.45) is 41.1. The summed E-state index contributed by atoms with van der Waals surface area (Å²) in [5.41, 5.74) is 0. The highest BCUT2D eigenvalue weighted by Gasteiger charge is 2.25. The van der Waals surface area contributed by atoms with Gasteiger partial charge < -0.3 is 28.6 Å². The summed E-state index contributed by atoms with van der Waals surface area (Å²) < 4.78 is 17.0. The van der Waals surface area contributed by atoms with Gasteiger partial charge in [-0.25, -0.2) is 0 Å². The van der Waals surface area contributed by atoms with E-state index in [0.717, 1.165) is 51.4 Å². The Morgan fingerprint density at radius 2 is 1.08 bits per heavy atom. The highest BCUT2D eigenvalue weighted by atomic mass is 16.6. The molecule has 52 heavy (non-hydrogen) atoms. The smallest absolute Gasteiger partial charge is 0.306 e. The third-order valence-corrected chi connectivity index (χ3v) is 8.68. The summed E-state index contributed by atoms with van der Waals surface area (Å²) in [5.74, 6) is -1.85. The third kappa shape index (κ3) is 32.9. The molecule has 0 spiro atoms. The molecule has 298 valence electrons. The van der Waals surface area contributed by atoms with Crippen LogP contribution in [0.3, 0.4) is 0 Å². The fraction of sp³-hybridized carbons (Fsp3) is 0.705. The molecule has 0 saturated carbocycles. The number of carboxylic acid groups (broad SMARTS) is 1.